The summed E-state index contributed by atoms with van der Waals surface area (Å²) in [6.07, 6.45) is 4.32. The van der Waals surface area contributed by atoms with Crippen LogP contribution >= 0.6 is 11.8 Å². The van der Waals surface area contributed by atoms with E-state index in [1.165, 1.54) is 24.3 Å². The number of hydrogen-bond donors (Lipinski definition) is 1. The largest absolute Gasteiger partial charge is 0.493 e. The van der Waals surface area contributed by atoms with Crippen LogP contribution in [0.5, 0.6) is 5.75 Å². The van der Waals surface area contributed by atoms with Gasteiger partial charge in [-0.15, -0.1) is 0 Å². The van der Waals surface area contributed by atoms with Crippen molar-refractivity contribution in [1.82, 2.24) is 4.90 Å². The summed E-state index contributed by atoms with van der Waals surface area (Å²) in [7, 11) is 1.92. The van der Waals surface area contributed by atoms with Crippen LogP contribution in [0.25, 0.3) is 0 Å². The molecule has 1 N–H and O–H groups in total. The van der Waals surface area contributed by atoms with Crippen LogP contribution in [0, 0.1) is 11.8 Å². The van der Waals surface area contributed by atoms with Crippen molar-refractivity contribution in [1.29, 1.82) is 0 Å². The van der Waals surface area contributed by atoms with Gasteiger partial charge in [-0.3, -0.25) is 9.59 Å². The lowest BCUT2D eigenvalue weighted by Gasteiger charge is -2.27. The molecular weight excluding hydrogens is 360 g/mol. The number of hydrogen-bond acceptors (Lipinski definition) is 4. The van der Waals surface area contributed by atoms with Crippen molar-refractivity contribution >= 4 is 29.3 Å². The van der Waals surface area contributed by atoms with Gasteiger partial charge in [-0.25, -0.2) is 0 Å². The number of ether oxygens (including phenoxy) is 1. The van der Waals surface area contributed by atoms with Crippen molar-refractivity contribution in [3.8, 4) is 5.75 Å². The first-order valence-electron chi connectivity index (χ1n) is 9.88. The van der Waals surface area contributed by atoms with Gasteiger partial charge in [0.15, 0.2) is 0 Å². The lowest BCUT2D eigenvalue weighted by molar-refractivity contribution is -0.131. The third kappa shape index (κ3) is 5.89. The fourth-order valence-electron chi connectivity index (χ4n) is 3.63. The first-order valence-corrected chi connectivity index (χ1v) is 11.0. The molecular formula is C21H30N2O3S. The molecule has 1 aromatic rings. The summed E-state index contributed by atoms with van der Waals surface area (Å²) in [4.78, 5) is 25.9. The van der Waals surface area contributed by atoms with Gasteiger partial charge in [0.05, 0.1) is 6.61 Å². The third-order valence-corrected chi connectivity index (χ3v) is 6.53. The summed E-state index contributed by atoms with van der Waals surface area (Å²) < 4.78 is 5.87. The lowest BCUT2D eigenvalue weighted by Crippen LogP contribution is -2.35. The second-order valence-electron chi connectivity index (χ2n) is 7.84. The zero-order valence-corrected chi connectivity index (χ0v) is 17.1. The smallest absolute Gasteiger partial charge is 0.224 e. The summed E-state index contributed by atoms with van der Waals surface area (Å²) >= 11 is 2.00. The van der Waals surface area contributed by atoms with Gasteiger partial charge in [-0.1, -0.05) is 13.0 Å². The molecule has 1 saturated heterocycles. The molecule has 1 fully saturated rings. The zero-order chi connectivity index (χ0) is 19.2. The number of nitrogens with one attached hydrogen (secondary N) is 1. The van der Waals surface area contributed by atoms with Gasteiger partial charge in [-0.2, -0.15) is 11.8 Å². The predicted octanol–water partition coefficient (Wildman–Crippen LogP) is 3.58. The molecule has 0 aromatic heterocycles. The van der Waals surface area contributed by atoms with Crippen molar-refractivity contribution in [2.45, 2.75) is 39.0 Å². The van der Waals surface area contributed by atoms with Crippen LogP contribution in [-0.2, 0) is 16.0 Å². The molecule has 0 aliphatic carbocycles. The molecule has 2 unspecified atom stereocenters. The fraction of sp³-hybridized carbons (Fsp3) is 0.619. The Morgan fingerprint density at radius 1 is 1.41 bits per heavy atom. The summed E-state index contributed by atoms with van der Waals surface area (Å²) in [5.74, 6) is 4.20. The Hall–Kier alpha value is -1.69. The number of rotatable bonds is 7. The third-order valence-electron chi connectivity index (χ3n) is 5.25. The van der Waals surface area contributed by atoms with Crippen molar-refractivity contribution < 1.29 is 14.3 Å². The van der Waals surface area contributed by atoms with Crippen LogP contribution in [0.4, 0.5) is 5.69 Å². The van der Waals surface area contributed by atoms with E-state index in [0.717, 1.165) is 30.0 Å². The minimum absolute atomic E-state index is 0.0537. The van der Waals surface area contributed by atoms with E-state index < -0.39 is 0 Å². The predicted molar refractivity (Wildman–Crippen MR) is 110 cm³/mol. The highest BCUT2D eigenvalue weighted by molar-refractivity contribution is 7.99. The molecule has 6 heteroatoms. The van der Waals surface area contributed by atoms with Crippen molar-refractivity contribution in [2.24, 2.45) is 11.8 Å². The van der Waals surface area contributed by atoms with Crippen molar-refractivity contribution in [2.75, 3.05) is 37.0 Å². The second kappa shape index (κ2) is 9.49. The molecule has 5 nitrogen and oxygen atoms in total. The maximum absolute atomic E-state index is 12.5. The molecule has 148 valence electrons. The van der Waals surface area contributed by atoms with Crippen LogP contribution in [0.2, 0.25) is 0 Å². The fourth-order valence-corrected chi connectivity index (χ4v) is 4.78. The van der Waals surface area contributed by atoms with E-state index in [-0.39, 0.29) is 17.7 Å². The molecule has 0 spiro atoms. The minimum Gasteiger partial charge on any atom is -0.493 e. The highest BCUT2D eigenvalue weighted by Gasteiger charge is 2.20. The Labute approximate surface area is 166 Å². The van der Waals surface area contributed by atoms with Gasteiger partial charge in [0.25, 0.3) is 0 Å². The van der Waals surface area contributed by atoms with Crippen molar-refractivity contribution in [3.05, 3.63) is 23.8 Å². The topological polar surface area (TPSA) is 58.6 Å². The molecule has 3 rings (SSSR count). The molecule has 2 amide bonds. The number of aryl methyl sites for hydroxylation is 1. The van der Waals surface area contributed by atoms with E-state index in [0.29, 0.717) is 25.4 Å². The number of fused-ring (bicyclic) bond motifs is 1. The van der Waals surface area contributed by atoms with Crippen LogP contribution in [0.3, 0.4) is 0 Å². The Balaban J connectivity index is 1.43. The highest BCUT2D eigenvalue weighted by Crippen LogP contribution is 2.27. The Morgan fingerprint density at radius 3 is 3.04 bits per heavy atom. The Morgan fingerprint density at radius 2 is 2.26 bits per heavy atom. The van der Waals surface area contributed by atoms with Crippen LogP contribution < -0.4 is 10.1 Å². The van der Waals surface area contributed by atoms with E-state index in [2.05, 4.69) is 5.32 Å². The molecule has 0 radical (unpaired) electrons. The average Bonchev–Trinajstić information content (AvgIpc) is 2.66. The minimum atomic E-state index is 0.0537. The molecule has 2 aliphatic heterocycles. The average molecular weight is 391 g/mol. The van der Waals surface area contributed by atoms with Gasteiger partial charge >= 0.3 is 0 Å². The van der Waals surface area contributed by atoms with Gasteiger partial charge in [0, 0.05) is 38.2 Å². The lowest BCUT2D eigenvalue weighted by atomic mass is 10.0. The standard InChI is InChI=1S/C21H30N2O3S/c1-15(10-21(25)23(2)12-16-4-3-9-27-14-16)13-26-18-7-5-17-6-8-20(24)22-19(17)11-18/h5,7,11,15-16H,3-4,6,8-10,12-14H2,1-2H3,(H,22,24). The molecule has 2 atom stereocenters. The number of thioether (sulfide) groups is 1. The van der Waals surface area contributed by atoms with Crippen molar-refractivity contribution in [3.63, 3.8) is 0 Å². The molecule has 2 aliphatic rings. The van der Waals surface area contributed by atoms with Gasteiger partial charge < -0.3 is 15.0 Å². The number of nitrogens with zero attached hydrogens (tertiary/aromatic N) is 1. The van der Waals surface area contributed by atoms with Crippen LogP contribution in [0.1, 0.15) is 38.2 Å². The van der Waals surface area contributed by atoms with E-state index >= 15 is 0 Å². The van der Waals surface area contributed by atoms with E-state index in [4.69, 9.17) is 4.74 Å². The monoisotopic (exact) mass is 390 g/mol. The number of carbonyl (C=O) groups is 2. The summed E-state index contributed by atoms with van der Waals surface area (Å²) in [5.41, 5.74) is 1.99. The number of anilines is 1. The second-order valence-corrected chi connectivity index (χ2v) is 8.99. The normalized spacial score (nSPS) is 20.4. The van der Waals surface area contributed by atoms with E-state index in [9.17, 15) is 9.59 Å². The highest BCUT2D eigenvalue weighted by atomic mass is 32.2. The number of benzene rings is 1. The quantitative estimate of drug-likeness (QED) is 0.773. The number of carbonyl (C=O) groups excluding carboxylic acids is 2. The molecule has 0 saturated carbocycles. The van der Waals surface area contributed by atoms with Crippen LogP contribution in [0.15, 0.2) is 18.2 Å². The summed E-state index contributed by atoms with van der Waals surface area (Å²) in [6.45, 7) is 3.40. The summed E-state index contributed by atoms with van der Waals surface area (Å²) in [6, 6.07) is 5.83. The first-order chi connectivity index (χ1) is 13.0. The zero-order valence-electron chi connectivity index (χ0n) is 16.3. The first kappa shape index (κ1) is 20.1. The summed E-state index contributed by atoms with van der Waals surface area (Å²) in [5, 5.41) is 2.89. The van der Waals surface area contributed by atoms with Gasteiger partial charge in [0.1, 0.15) is 5.75 Å². The number of amides is 2. The molecule has 0 bridgehead atoms. The van der Waals surface area contributed by atoms with Crippen LogP contribution in [-0.4, -0.2) is 48.4 Å². The van der Waals surface area contributed by atoms with Gasteiger partial charge in [0.2, 0.25) is 11.8 Å². The Kier molecular flexibility index (Phi) is 7.05. The Bertz CT molecular complexity index is 673. The SMILES string of the molecule is CC(COc1ccc2c(c1)NC(=O)CC2)CC(=O)N(C)CC1CCCSC1. The molecule has 2 heterocycles. The molecule has 1 aromatic carbocycles. The van der Waals surface area contributed by atoms with E-state index in [1.54, 1.807) is 0 Å². The molecule has 27 heavy (non-hydrogen) atoms. The van der Waals surface area contributed by atoms with Gasteiger partial charge in [-0.05, 0) is 54.2 Å². The maximum atomic E-state index is 12.5. The maximum Gasteiger partial charge on any atom is 0.224 e. The van der Waals surface area contributed by atoms with E-state index in [1.807, 2.05) is 48.8 Å².